The molecule has 1 aromatic carbocycles. The van der Waals surface area contributed by atoms with E-state index >= 15 is 0 Å². The molecule has 0 saturated carbocycles. The van der Waals surface area contributed by atoms with Crippen LogP contribution < -0.4 is 10.1 Å². The molecule has 2 fully saturated rings. The molecule has 1 unspecified atom stereocenters. The van der Waals surface area contributed by atoms with E-state index in [9.17, 15) is 4.79 Å². The summed E-state index contributed by atoms with van der Waals surface area (Å²) in [7, 11) is 3.52. The Kier molecular flexibility index (Phi) is 6.58. The van der Waals surface area contributed by atoms with Gasteiger partial charge in [0.1, 0.15) is 11.4 Å². The van der Waals surface area contributed by atoms with Crippen molar-refractivity contribution in [3.05, 3.63) is 46.3 Å². The number of ether oxygens (including phenoxy) is 2. The Morgan fingerprint density at radius 3 is 2.62 bits per heavy atom. The van der Waals surface area contributed by atoms with Crippen LogP contribution in [0.4, 0.5) is 0 Å². The molecule has 1 amide bonds. The second-order valence-corrected chi connectivity index (χ2v) is 9.42. The van der Waals surface area contributed by atoms with Crippen LogP contribution in [0.2, 0.25) is 0 Å². The van der Waals surface area contributed by atoms with Crippen molar-refractivity contribution in [2.45, 2.75) is 64.7 Å². The fourth-order valence-electron chi connectivity index (χ4n) is 5.13. The molecule has 1 aromatic heterocycles. The van der Waals surface area contributed by atoms with Crippen molar-refractivity contribution in [1.29, 1.82) is 0 Å². The van der Waals surface area contributed by atoms with Crippen LogP contribution in [0, 0.1) is 20.8 Å². The predicted octanol–water partition coefficient (Wildman–Crippen LogP) is 3.30. The van der Waals surface area contributed by atoms with Crippen molar-refractivity contribution in [1.82, 2.24) is 20.0 Å². The van der Waals surface area contributed by atoms with E-state index in [1.807, 2.05) is 13.0 Å². The lowest BCUT2D eigenvalue weighted by molar-refractivity contribution is -0.0764. The number of carbonyl (C=O) groups excluding carboxylic acids is 1. The molecule has 1 N–H and O–H groups in total. The number of hydrogen-bond donors (Lipinski definition) is 1. The van der Waals surface area contributed by atoms with E-state index in [4.69, 9.17) is 9.47 Å². The number of nitrogens with one attached hydrogen (secondary N) is 1. The van der Waals surface area contributed by atoms with Gasteiger partial charge < -0.3 is 14.8 Å². The Morgan fingerprint density at radius 1 is 1.22 bits per heavy atom. The van der Waals surface area contributed by atoms with Gasteiger partial charge in [0.15, 0.2) is 0 Å². The van der Waals surface area contributed by atoms with E-state index in [1.54, 1.807) is 18.8 Å². The zero-order valence-corrected chi connectivity index (χ0v) is 20.0. The number of aromatic nitrogens is 2. The molecule has 2 aliphatic heterocycles. The van der Waals surface area contributed by atoms with Gasteiger partial charge >= 0.3 is 0 Å². The molecular weight excluding hydrogens is 404 g/mol. The number of rotatable bonds is 6. The standard InChI is InChI=1S/C25H36N4O3/c1-17-14-22(28(4)27-17)24(30)26-15-21-8-9-25(32-21)10-12-29(13-11-25)16-20-6-7-23(31-5)19(3)18(20)2/h6-7,14,21H,8-13,15-16H2,1-5H3,(H,26,30). The summed E-state index contributed by atoms with van der Waals surface area (Å²) in [6, 6.07) is 6.09. The normalized spacial score (nSPS) is 20.6. The summed E-state index contributed by atoms with van der Waals surface area (Å²) in [5.41, 5.74) is 5.33. The van der Waals surface area contributed by atoms with E-state index in [1.165, 1.54) is 16.7 Å². The maximum absolute atomic E-state index is 12.5. The fourth-order valence-corrected chi connectivity index (χ4v) is 5.13. The molecule has 32 heavy (non-hydrogen) atoms. The molecule has 2 aliphatic rings. The van der Waals surface area contributed by atoms with E-state index in [-0.39, 0.29) is 17.6 Å². The van der Waals surface area contributed by atoms with Crippen LogP contribution in [0.15, 0.2) is 18.2 Å². The van der Waals surface area contributed by atoms with E-state index < -0.39 is 0 Å². The molecule has 2 saturated heterocycles. The van der Waals surface area contributed by atoms with Crippen LogP contribution >= 0.6 is 0 Å². The first kappa shape index (κ1) is 22.8. The van der Waals surface area contributed by atoms with E-state index in [2.05, 4.69) is 41.3 Å². The second kappa shape index (κ2) is 9.24. The van der Waals surface area contributed by atoms with Crippen molar-refractivity contribution >= 4 is 5.91 Å². The largest absolute Gasteiger partial charge is 0.496 e. The number of benzene rings is 1. The Hall–Kier alpha value is -2.38. The highest BCUT2D eigenvalue weighted by Crippen LogP contribution is 2.39. The van der Waals surface area contributed by atoms with Gasteiger partial charge in [-0.05, 0) is 75.3 Å². The molecule has 7 nitrogen and oxygen atoms in total. The first-order valence-electron chi connectivity index (χ1n) is 11.6. The molecule has 2 aromatic rings. The van der Waals surface area contributed by atoms with Crippen LogP contribution in [0.25, 0.3) is 0 Å². The highest BCUT2D eigenvalue weighted by Gasteiger charge is 2.42. The number of amides is 1. The monoisotopic (exact) mass is 440 g/mol. The number of carbonyl (C=O) groups is 1. The van der Waals surface area contributed by atoms with Crippen molar-refractivity contribution in [2.24, 2.45) is 7.05 Å². The van der Waals surface area contributed by atoms with E-state index in [0.29, 0.717) is 12.2 Å². The third kappa shape index (κ3) is 4.69. The van der Waals surface area contributed by atoms with Gasteiger partial charge in [-0.3, -0.25) is 14.4 Å². The molecule has 0 bridgehead atoms. The molecule has 3 heterocycles. The zero-order valence-electron chi connectivity index (χ0n) is 20.0. The van der Waals surface area contributed by atoms with Gasteiger partial charge in [-0.15, -0.1) is 0 Å². The van der Waals surface area contributed by atoms with Gasteiger partial charge in [-0.1, -0.05) is 6.07 Å². The maximum atomic E-state index is 12.5. The summed E-state index contributed by atoms with van der Waals surface area (Å²) in [4.78, 5) is 15.0. The average Bonchev–Trinajstić information content (AvgIpc) is 3.34. The highest BCUT2D eigenvalue weighted by molar-refractivity contribution is 5.92. The van der Waals surface area contributed by atoms with Gasteiger partial charge in [-0.25, -0.2) is 0 Å². The zero-order chi connectivity index (χ0) is 22.9. The van der Waals surface area contributed by atoms with Crippen LogP contribution in [0.5, 0.6) is 5.75 Å². The third-order valence-electron chi connectivity index (χ3n) is 7.29. The molecule has 174 valence electrons. The topological polar surface area (TPSA) is 68.6 Å². The number of likely N-dealkylation sites (tertiary alicyclic amines) is 1. The first-order valence-corrected chi connectivity index (χ1v) is 11.6. The maximum Gasteiger partial charge on any atom is 0.269 e. The molecule has 7 heteroatoms. The quantitative estimate of drug-likeness (QED) is 0.747. The minimum atomic E-state index is -0.0855. The smallest absolute Gasteiger partial charge is 0.269 e. The van der Waals surface area contributed by atoms with Crippen molar-refractivity contribution < 1.29 is 14.3 Å². The summed E-state index contributed by atoms with van der Waals surface area (Å²) < 4.78 is 13.6. The van der Waals surface area contributed by atoms with Crippen molar-refractivity contribution in [3.8, 4) is 5.75 Å². The molecule has 0 aliphatic carbocycles. The molecule has 4 rings (SSSR count). The first-order chi connectivity index (χ1) is 15.3. The Labute approximate surface area is 191 Å². The van der Waals surface area contributed by atoms with Gasteiger partial charge in [0.2, 0.25) is 0 Å². The molecule has 1 atom stereocenters. The van der Waals surface area contributed by atoms with Crippen LogP contribution in [-0.4, -0.2) is 59.0 Å². The summed E-state index contributed by atoms with van der Waals surface area (Å²) in [5.74, 6) is 0.873. The Bertz CT molecular complexity index is 976. The average molecular weight is 441 g/mol. The fraction of sp³-hybridized carbons (Fsp3) is 0.600. The van der Waals surface area contributed by atoms with Crippen LogP contribution in [0.1, 0.15) is 58.6 Å². The predicted molar refractivity (Wildman–Crippen MR) is 124 cm³/mol. The Morgan fingerprint density at radius 2 is 1.97 bits per heavy atom. The lowest BCUT2D eigenvalue weighted by Gasteiger charge is -2.39. The Balaban J connectivity index is 1.27. The summed E-state index contributed by atoms with van der Waals surface area (Å²) in [5, 5.41) is 7.28. The number of hydrogen-bond acceptors (Lipinski definition) is 5. The van der Waals surface area contributed by atoms with Crippen LogP contribution in [0.3, 0.4) is 0 Å². The second-order valence-electron chi connectivity index (χ2n) is 9.42. The molecular formula is C25H36N4O3. The summed E-state index contributed by atoms with van der Waals surface area (Å²) in [6.45, 7) is 9.81. The lowest BCUT2D eigenvalue weighted by atomic mass is 9.88. The highest BCUT2D eigenvalue weighted by atomic mass is 16.5. The number of methoxy groups -OCH3 is 1. The number of piperidine rings is 1. The van der Waals surface area contributed by atoms with Gasteiger partial charge in [-0.2, -0.15) is 5.10 Å². The summed E-state index contributed by atoms with van der Waals surface area (Å²) in [6.07, 6.45) is 4.26. The molecule has 1 spiro atoms. The molecule has 0 radical (unpaired) electrons. The van der Waals surface area contributed by atoms with Crippen molar-refractivity contribution in [3.63, 3.8) is 0 Å². The summed E-state index contributed by atoms with van der Waals surface area (Å²) >= 11 is 0. The minimum absolute atomic E-state index is 0.0279. The number of nitrogens with zero attached hydrogens (tertiary/aromatic N) is 3. The van der Waals surface area contributed by atoms with Gasteiger partial charge in [0.05, 0.1) is 24.5 Å². The van der Waals surface area contributed by atoms with Gasteiger partial charge in [0.25, 0.3) is 5.91 Å². The van der Waals surface area contributed by atoms with Gasteiger partial charge in [0, 0.05) is 33.2 Å². The SMILES string of the molecule is COc1ccc(CN2CCC3(CCC(CNC(=O)c4cc(C)nn4C)O3)CC2)c(C)c1C. The number of aryl methyl sites for hydroxylation is 2. The minimum Gasteiger partial charge on any atom is -0.496 e. The van der Waals surface area contributed by atoms with E-state index in [0.717, 1.165) is 56.8 Å². The van der Waals surface area contributed by atoms with Crippen LogP contribution in [-0.2, 0) is 18.3 Å². The third-order valence-corrected chi connectivity index (χ3v) is 7.29. The lowest BCUT2D eigenvalue weighted by Crippen LogP contribution is -2.45. The van der Waals surface area contributed by atoms with Crippen molar-refractivity contribution in [2.75, 3.05) is 26.7 Å².